The van der Waals surface area contributed by atoms with Crippen molar-refractivity contribution in [2.24, 2.45) is 0 Å². The number of benzene rings is 1. The summed E-state index contributed by atoms with van der Waals surface area (Å²) in [5, 5.41) is 3.35. The SMILES string of the molecule is COCCCN(C)Cc1cc(CNC(C)C)ccc1F. The zero-order valence-electron chi connectivity index (χ0n) is 13.1. The first-order valence-corrected chi connectivity index (χ1v) is 7.21. The Morgan fingerprint density at radius 1 is 1.35 bits per heavy atom. The molecule has 1 rings (SSSR count). The average molecular weight is 282 g/mol. The van der Waals surface area contributed by atoms with Crippen LogP contribution in [-0.4, -0.2) is 38.3 Å². The second-order valence-corrected chi connectivity index (χ2v) is 5.55. The third kappa shape index (κ3) is 6.46. The predicted molar refractivity (Wildman–Crippen MR) is 81.2 cm³/mol. The van der Waals surface area contributed by atoms with E-state index >= 15 is 0 Å². The van der Waals surface area contributed by atoms with Crippen LogP contribution >= 0.6 is 0 Å². The molecular weight excluding hydrogens is 255 g/mol. The molecule has 20 heavy (non-hydrogen) atoms. The fourth-order valence-electron chi connectivity index (χ4n) is 2.03. The van der Waals surface area contributed by atoms with E-state index < -0.39 is 0 Å². The molecule has 1 aromatic rings. The molecule has 3 nitrogen and oxygen atoms in total. The lowest BCUT2D eigenvalue weighted by Gasteiger charge is -2.17. The highest BCUT2D eigenvalue weighted by Crippen LogP contribution is 2.13. The highest BCUT2D eigenvalue weighted by molar-refractivity contribution is 5.25. The number of nitrogens with zero attached hydrogens (tertiary/aromatic N) is 1. The predicted octanol–water partition coefficient (Wildman–Crippen LogP) is 2.79. The quantitative estimate of drug-likeness (QED) is 0.705. The second-order valence-electron chi connectivity index (χ2n) is 5.55. The van der Waals surface area contributed by atoms with E-state index in [-0.39, 0.29) is 5.82 Å². The Morgan fingerprint density at radius 3 is 2.75 bits per heavy atom. The van der Waals surface area contributed by atoms with Crippen molar-refractivity contribution in [2.75, 3.05) is 27.3 Å². The molecule has 0 aliphatic carbocycles. The lowest BCUT2D eigenvalue weighted by atomic mass is 10.1. The zero-order valence-corrected chi connectivity index (χ0v) is 13.1. The molecule has 0 saturated carbocycles. The first kappa shape index (κ1) is 17.1. The van der Waals surface area contributed by atoms with Gasteiger partial charge in [0.25, 0.3) is 0 Å². The topological polar surface area (TPSA) is 24.5 Å². The van der Waals surface area contributed by atoms with Crippen LogP contribution in [0.15, 0.2) is 18.2 Å². The number of halogens is 1. The molecule has 0 heterocycles. The number of nitrogens with one attached hydrogen (secondary N) is 1. The number of methoxy groups -OCH3 is 1. The molecular formula is C16H27FN2O. The van der Waals surface area contributed by atoms with Gasteiger partial charge < -0.3 is 15.0 Å². The van der Waals surface area contributed by atoms with Gasteiger partial charge in [0, 0.05) is 45.0 Å². The van der Waals surface area contributed by atoms with Crippen molar-refractivity contribution in [2.45, 2.75) is 39.4 Å². The van der Waals surface area contributed by atoms with E-state index in [0.717, 1.165) is 37.2 Å². The van der Waals surface area contributed by atoms with Crippen LogP contribution in [0.1, 0.15) is 31.4 Å². The minimum absolute atomic E-state index is 0.128. The summed E-state index contributed by atoms with van der Waals surface area (Å²) in [5.41, 5.74) is 1.88. The summed E-state index contributed by atoms with van der Waals surface area (Å²) < 4.78 is 18.9. The van der Waals surface area contributed by atoms with Crippen LogP contribution in [0.25, 0.3) is 0 Å². The molecule has 0 amide bonds. The maximum absolute atomic E-state index is 13.8. The van der Waals surface area contributed by atoms with Crippen LogP contribution in [-0.2, 0) is 17.8 Å². The molecule has 0 bridgehead atoms. The van der Waals surface area contributed by atoms with Crippen LogP contribution in [0.5, 0.6) is 0 Å². The Hall–Kier alpha value is -0.970. The van der Waals surface area contributed by atoms with Crippen LogP contribution in [0.4, 0.5) is 4.39 Å². The highest BCUT2D eigenvalue weighted by Gasteiger charge is 2.07. The Morgan fingerprint density at radius 2 is 2.10 bits per heavy atom. The third-order valence-corrected chi connectivity index (χ3v) is 3.15. The standard InChI is InChI=1S/C16H27FN2O/c1-13(2)18-11-14-6-7-16(17)15(10-14)12-19(3)8-5-9-20-4/h6-7,10,13,18H,5,8-9,11-12H2,1-4H3. The Balaban J connectivity index is 2.57. The monoisotopic (exact) mass is 282 g/mol. The third-order valence-electron chi connectivity index (χ3n) is 3.15. The van der Waals surface area contributed by atoms with Gasteiger partial charge in [0.15, 0.2) is 0 Å². The second kappa shape index (κ2) is 9.06. The van der Waals surface area contributed by atoms with Gasteiger partial charge in [-0.15, -0.1) is 0 Å². The Kier molecular flexibility index (Phi) is 7.73. The van der Waals surface area contributed by atoms with Crippen LogP contribution in [0, 0.1) is 5.82 Å². The van der Waals surface area contributed by atoms with Crippen molar-refractivity contribution in [3.05, 3.63) is 35.1 Å². The summed E-state index contributed by atoms with van der Waals surface area (Å²) in [7, 11) is 3.71. The average Bonchev–Trinajstić information content (AvgIpc) is 2.40. The Bertz CT molecular complexity index is 396. The largest absolute Gasteiger partial charge is 0.385 e. The molecule has 0 radical (unpaired) electrons. The summed E-state index contributed by atoms with van der Waals surface area (Å²) in [6, 6.07) is 5.80. The fraction of sp³-hybridized carbons (Fsp3) is 0.625. The van der Waals surface area contributed by atoms with Crippen molar-refractivity contribution >= 4 is 0 Å². The first-order chi connectivity index (χ1) is 9.52. The molecule has 114 valence electrons. The molecule has 1 N–H and O–H groups in total. The molecule has 0 aliphatic heterocycles. The number of ether oxygens (including phenoxy) is 1. The van der Waals surface area contributed by atoms with Crippen molar-refractivity contribution in [1.82, 2.24) is 10.2 Å². The smallest absolute Gasteiger partial charge is 0.127 e. The van der Waals surface area contributed by atoms with Crippen molar-refractivity contribution in [3.63, 3.8) is 0 Å². The van der Waals surface area contributed by atoms with E-state index in [1.54, 1.807) is 13.2 Å². The van der Waals surface area contributed by atoms with Crippen LogP contribution in [0.3, 0.4) is 0 Å². The zero-order chi connectivity index (χ0) is 15.0. The van der Waals surface area contributed by atoms with E-state index in [9.17, 15) is 4.39 Å². The number of hydrogen-bond acceptors (Lipinski definition) is 3. The summed E-state index contributed by atoms with van der Waals surface area (Å²) in [5.74, 6) is -0.128. The minimum Gasteiger partial charge on any atom is -0.385 e. The van der Waals surface area contributed by atoms with Gasteiger partial charge in [0.1, 0.15) is 5.82 Å². The lowest BCUT2D eigenvalue weighted by Crippen LogP contribution is -2.23. The highest BCUT2D eigenvalue weighted by atomic mass is 19.1. The molecule has 0 aliphatic rings. The summed E-state index contributed by atoms with van der Waals surface area (Å²) >= 11 is 0. The van der Waals surface area contributed by atoms with Crippen molar-refractivity contribution in [1.29, 1.82) is 0 Å². The van der Waals surface area contributed by atoms with E-state index in [1.807, 2.05) is 19.2 Å². The van der Waals surface area contributed by atoms with E-state index in [2.05, 4.69) is 24.1 Å². The van der Waals surface area contributed by atoms with Gasteiger partial charge in [-0.05, 0) is 25.1 Å². The fourth-order valence-corrected chi connectivity index (χ4v) is 2.03. The molecule has 4 heteroatoms. The molecule has 1 aromatic carbocycles. The molecule has 0 atom stereocenters. The summed E-state index contributed by atoms with van der Waals surface area (Å²) in [6.45, 7) is 7.26. The normalized spacial score (nSPS) is 11.6. The molecule has 0 saturated heterocycles. The van der Waals surface area contributed by atoms with Gasteiger partial charge in [-0.25, -0.2) is 4.39 Å². The molecule has 0 aromatic heterocycles. The molecule has 0 unspecified atom stereocenters. The van der Waals surface area contributed by atoms with Crippen molar-refractivity contribution in [3.8, 4) is 0 Å². The van der Waals surface area contributed by atoms with Gasteiger partial charge in [-0.1, -0.05) is 26.0 Å². The molecule has 0 fully saturated rings. The van der Waals surface area contributed by atoms with Gasteiger partial charge in [0.2, 0.25) is 0 Å². The lowest BCUT2D eigenvalue weighted by molar-refractivity contribution is 0.178. The maximum atomic E-state index is 13.8. The van der Waals surface area contributed by atoms with Gasteiger partial charge >= 0.3 is 0 Å². The Labute approximate surface area is 122 Å². The van der Waals surface area contributed by atoms with Gasteiger partial charge in [-0.2, -0.15) is 0 Å². The van der Waals surface area contributed by atoms with Crippen LogP contribution in [0.2, 0.25) is 0 Å². The number of hydrogen-bond donors (Lipinski definition) is 1. The maximum Gasteiger partial charge on any atom is 0.127 e. The van der Waals surface area contributed by atoms with Gasteiger partial charge in [0.05, 0.1) is 0 Å². The summed E-state index contributed by atoms with van der Waals surface area (Å²) in [4.78, 5) is 2.12. The first-order valence-electron chi connectivity index (χ1n) is 7.21. The van der Waals surface area contributed by atoms with E-state index in [1.165, 1.54) is 0 Å². The summed E-state index contributed by atoms with van der Waals surface area (Å²) in [6.07, 6.45) is 0.962. The van der Waals surface area contributed by atoms with E-state index in [0.29, 0.717) is 12.6 Å². The number of rotatable bonds is 9. The van der Waals surface area contributed by atoms with Gasteiger partial charge in [-0.3, -0.25) is 0 Å². The van der Waals surface area contributed by atoms with Crippen LogP contribution < -0.4 is 5.32 Å². The molecule has 0 spiro atoms. The van der Waals surface area contributed by atoms with E-state index in [4.69, 9.17) is 4.74 Å². The van der Waals surface area contributed by atoms with Crippen molar-refractivity contribution < 1.29 is 9.13 Å². The minimum atomic E-state index is -0.128.